The molecule has 1 aromatic heterocycles. The van der Waals surface area contributed by atoms with Crippen molar-refractivity contribution in [1.82, 2.24) is 9.80 Å². The second kappa shape index (κ2) is 9.29. The minimum Gasteiger partial charge on any atom is -0.330 e. The van der Waals surface area contributed by atoms with Gasteiger partial charge in [0, 0.05) is 23.0 Å². The zero-order chi connectivity index (χ0) is 22.8. The van der Waals surface area contributed by atoms with Crippen molar-refractivity contribution in [3.8, 4) is 0 Å². The van der Waals surface area contributed by atoms with Crippen LogP contribution in [0.2, 0.25) is 0 Å². The van der Waals surface area contributed by atoms with Crippen LogP contribution in [0, 0.1) is 13.8 Å². The first-order valence-corrected chi connectivity index (χ1v) is 12.0. The SMILES string of the molecule is Cc1ccc(C(=O)N(CC(=O)N2CCc3sccc3C2c2ccccc2C)C(C)C)cc1. The van der Waals surface area contributed by atoms with Crippen LogP contribution in [-0.4, -0.2) is 40.7 Å². The third-order valence-electron chi connectivity index (χ3n) is 6.26. The Kier molecular flexibility index (Phi) is 6.47. The van der Waals surface area contributed by atoms with Crippen molar-refractivity contribution in [1.29, 1.82) is 0 Å². The van der Waals surface area contributed by atoms with Crippen LogP contribution in [0.1, 0.15) is 57.4 Å². The van der Waals surface area contributed by atoms with Crippen LogP contribution in [0.15, 0.2) is 60.0 Å². The number of aryl methyl sites for hydroxylation is 2. The van der Waals surface area contributed by atoms with Crippen molar-refractivity contribution in [2.24, 2.45) is 0 Å². The third-order valence-corrected chi connectivity index (χ3v) is 7.25. The number of fused-ring (bicyclic) bond motifs is 1. The smallest absolute Gasteiger partial charge is 0.254 e. The number of thiophene rings is 1. The molecular weight excluding hydrogens is 416 g/mol. The highest BCUT2D eigenvalue weighted by Gasteiger charge is 2.35. The topological polar surface area (TPSA) is 40.6 Å². The Morgan fingerprint density at radius 3 is 2.44 bits per heavy atom. The van der Waals surface area contributed by atoms with E-state index in [2.05, 4.69) is 30.5 Å². The molecule has 1 aliphatic heterocycles. The number of hydrogen-bond donors (Lipinski definition) is 0. The van der Waals surface area contributed by atoms with E-state index in [1.54, 1.807) is 16.2 Å². The summed E-state index contributed by atoms with van der Waals surface area (Å²) in [4.78, 5) is 31.9. The number of hydrogen-bond acceptors (Lipinski definition) is 3. The van der Waals surface area contributed by atoms with Crippen molar-refractivity contribution >= 4 is 23.2 Å². The minimum atomic E-state index is -0.109. The summed E-state index contributed by atoms with van der Waals surface area (Å²) in [5, 5.41) is 2.12. The highest BCUT2D eigenvalue weighted by atomic mass is 32.1. The Bertz CT molecular complexity index is 1120. The molecule has 2 amide bonds. The molecule has 0 fully saturated rings. The molecule has 4 rings (SSSR count). The van der Waals surface area contributed by atoms with Gasteiger partial charge >= 0.3 is 0 Å². The number of rotatable bonds is 5. The van der Waals surface area contributed by atoms with E-state index in [0.717, 1.165) is 17.5 Å². The molecule has 3 aromatic rings. The minimum absolute atomic E-state index is 0.00994. The van der Waals surface area contributed by atoms with Gasteiger partial charge in [-0.15, -0.1) is 11.3 Å². The highest BCUT2D eigenvalue weighted by molar-refractivity contribution is 7.10. The molecule has 1 unspecified atom stereocenters. The van der Waals surface area contributed by atoms with E-state index in [9.17, 15) is 9.59 Å². The quantitative estimate of drug-likeness (QED) is 0.527. The predicted octanol–water partition coefficient (Wildman–Crippen LogP) is 5.39. The van der Waals surface area contributed by atoms with Crippen LogP contribution in [-0.2, 0) is 11.2 Å². The van der Waals surface area contributed by atoms with Gasteiger partial charge in [0.15, 0.2) is 0 Å². The maximum Gasteiger partial charge on any atom is 0.254 e. The van der Waals surface area contributed by atoms with Gasteiger partial charge < -0.3 is 9.80 Å². The van der Waals surface area contributed by atoms with Crippen LogP contribution < -0.4 is 0 Å². The van der Waals surface area contributed by atoms with Crippen molar-refractivity contribution in [2.45, 2.75) is 46.2 Å². The maximum absolute atomic E-state index is 13.7. The molecule has 2 heterocycles. The average molecular weight is 447 g/mol. The third kappa shape index (κ3) is 4.35. The van der Waals surface area contributed by atoms with Gasteiger partial charge in [-0.05, 0) is 74.4 Å². The van der Waals surface area contributed by atoms with Crippen LogP contribution in [0.4, 0.5) is 0 Å². The first-order valence-electron chi connectivity index (χ1n) is 11.2. The number of benzene rings is 2. The summed E-state index contributed by atoms with van der Waals surface area (Å²) in [6.45, 7) is 8.76. The molecule has 166 valence electrons. The Balaban J connectivity index is 1.63. The summed E-state index contributed by atoms with van der Waals surface area (Å²) in [5.74, 6) is -0.113. The number of carbonyl (C=O) groups excluding carboxylic acids is 2. The lowest BCUT2D eigenvalue weighted by Gasteiger charge is -2.38. The highest BCUT2D eigenvalue weighted by Crippen LogP contribution is 2.39. The van der Waals surface area contributed by atoms with Gasteiger partial charge in [0.1, 0.15) is 6.54 Å². The van der Waals surface area contributed by atoms with Crippen molar-refractivity contribution in [3.05, 3.63) is 92.7 Å². The monoisotopic (exact) mass is 446 g/mol. The summed E-state index contributed by atoms with van der Waals surface area (Å²) in [5.41, 5.74) is 5.26. The molecule has 4 nitrogen and oxygen atoms in total. The molecular formula is C27H30N2O2S. The first kappa shape index (κ1) is 22.3. The van der Waals surface area contributed by atoms with E-state index in [4.69, 9.17) is 0 Å². The standard InChI is InChI=1S/C27H30N2O2S/c1-18(2)29(27(31)21-11-9-19(3)10-12-21)17-25(30)28-15-13-24-23(14-16-32-24)26(28)22-8-6-5-7-20(22)4/h5-12,14,16,18,26H,13,15,17H2,1-4H3. The van der Waals surface area contributed by atoms with E-state index in [1.165, 1.54) is 16.0 Å². The number of nitrogens with zero attached hydrogens (tertiary/aromatic N) is 2. The number of carbonyl (C=O) groups is 2. The maximum atomic E-state index is 13.7. The van der Waals surface area contributed by atoms with Gasteiger partial charge in [-0.1, -0.05) is 42.0 Å². The van der Waals surface area contributed by atoms with Crippen LogP contribution in [0.5, 0.6) is 0 Å². The molecule has 0 saturated carbocycles. The van der Waals surface area contributed by atoms with Gasteiger partial charge in [-0.3, -0.25) is 9.59 Å². The Hall–Kier alpha value is -2.92. The van der Waals surface area contributed by atoms with E-state index in [0.29, 0.717) is 12.1 Å². The Morgan fingerprint density at radius 2 is 1.75 bits per heavy atom. The summed E-state index contributed by atoms with van der Waals surface area (Å²) in [6, 6.07) is 17.8. The number of amides is 2. The van der Waals surface area contributed by atoms with Gasteiger partial charge in [-0.2, -0.15) is 0 Å². The van der Waals surface area contributed by atoms with Crippen molar-refractivity contribution < 1.29 is 9.59 Å². The summed E-state index contributed by atoms with van der Waals surface area (Å²) in [6.07, 6.45) is 0.856. The van der Waals surface area contributed by atoms with E-state index in [1.807, 2.05) is 62.1 Å². The van der Waals surface area contributed by atoms with E-state index >= 15 is 0 Å². The van der Waals surface area contributed by atoms with Crippen LogP contribution >= 0.6 is 11.3 Å². The lowest BCUT2D eigenvalue weighted by Crippen LogP contribution is -2.48. The molecule has 32 heavy (non-hydrogen) atoms. The van der Waals surface area contributed by atoms with E-state index < -0.39 is 0 Å². The molecule has 1 aliphatic rings. The second-order valence-corrected chi connectivity index (χ2v) is 9.79. The molecule has 2 aromatic carbocycles. The normalized spacial score (nSPS) is 15.5. The van der Waals surface area contributed by atoms with Crippen LogP contribution in [0.3, 0.4) is 0 Å². The Morgan fingerprint density at radius 1 is 1.03 bits per heavy atom. The average Bonchev–Trinajstić information content (AvgIpc) is 3.26. The summed E-state index contributed by atoms with van der Waals surface area (Å²) in [7, 11) is 0. The van der Waals surface area contributed by atoms with Crippen molar-refractivity contribution in [2.75, 3.05) is 13.1 Å². The van der Waals surface area contributed by atoms with Gasteiger partial charge in [-0.25, -0.2) is 0 Å². The van der Waals surface area contributed by atoms with Gasteiger partial charge in [0.25, 0.3) is 5.91 Å². The fraction of sp³-hybridized carbons (Fsp3) is 0.333. The molecule has 1 atom stereocenters. The molecule has 0 aliphatic carbocycles. The zero-order valence-electron chi connectivity index (χ0n) is 19.2. The zero-order valence-corrected chi connectivity index (χ0v) is 20.0. The largest absolute Gasteiger partial charge is 0.330 e. The van der Waals surface area contributed by atoms with Crippen molar-refractivity contribution in [3.63, 3.8) is 0 Å². The van der Waals surface area contributed by atoms with E-state index in [-0.39, 0.29) is 30.4 Å². The lowest BCUT2D eigenvalue weighted by atomic mass is 9.90. The molecule has 0 N–H and O–H groups in total. The molecule has 0 radical (unpaired) electrons. The molecule has 5 heteroatoms. The fourth-order valence-corrected chi connectivity index (χ4v) is 5.31. The molecule has 0 saturated heterocycles. The Labute approximate surface area is 194 Å². The summed E-state index contributed by atoms with van der Waals surface area (Å²) < 4.78 is 0. The van der Waals surface area contributed by atoms with Crippen LogP contribution in [0.25, 0.3) is 0 Å². The predicted molar refractivity (Wildman–Crippen MR) is 130 cm³/mol. The molecule has 0 spiro atoms. The second-order valence-electron chi connectivity index (χ2n) is 8.79. The van der Waals surface area contributed by atoms with Gasteiger partial charge in [0.2, 0.25) is 5.91 Å². The summed E-state index contributed by atoms with van der Waals surface area (Å²) >= 11 is 1.76. The first-order chi connectivity index (χ1) is 15.4. The fourth-order valence-electron chi connectivity index (χ4n) is 4.40. The van der Waals surface area contributed by atoms with Gasteiger partial charge in [0.05, 0.1) is 6.04 Å². The lowest BCUT2D eigenvalue weighted by molar-refractivity contribution is -0.134. The molecule has 0 bridgehead atoms.